The average molecular weight is 412 g/mol. The molecule has 2 heterocycles. The van der Waals surface area contributed by atoms with Crippen LogP contribution in [0.15, 0.2) is 18.2 Å². The van der Waals surface area contributed by atoms with Crippen molar-refractivity contribution in [3.8, 4) is 0 Å². The minimum atomic E-state index is -0.880. The Hall–Kier alpha value is -2.90. The van der Waals surface area contributed by atoms with Crippen LogP contribution in [-0.2, 0) is 14.4 Å². The van der Waals surface area contributed by atoms with Gasteiger partial charge in [0.25, 0.3) is 0 Å². The van der Waals surface area contributed by atoms with Crippen LogP contribution >= 0.6 is 0 Å². The van der Waals surface area contributed by atoms with Gasteiger partial charge in [-0.1, -0.05) is 25.0 Å². The minimum Gasteiger partial charge on any atom is -0.368 e. The van der Waals surface area contributed by atoms with E-state index in [4.69, 9.17) is 0 Å². The molecule has 3 fully saturated rings. The van der Waals surface area contributed by atoms with E-state index >= 15 is 0 Å². The zero-order valence-electron chi connectivity index (χ0n) is 17.6. The van der Waals surface area contributed by atoms with Crippen molar-refractivity contribution < 1.29 is 19.2 Å². The molecule has 1 aromatic carbocycles. The van der Waals surface area contributed by atoms with Crippen LogP contribution in [0.25, 0.3) is 0 Å². The van der Waals surface area contributed by atoms with Gasteiger partial charge in [-0.15, -0.1) is 0 Å². The first-order valence-corrected chi connectivity index (χ1v) is 10.7. The molecule has 8 nitrogen and oxygen atoms in total. The van der Waals surface area contributed by atoms with Crippen LogP contribution in [0.4, 0.5) is 10.5 Å². The highest BCUT2D eigenvalue weighted by Gasteiger charge is 2.49. The van der Waals surface area contributed by atoms with Gasteiger partial charge < -0.3 is 9.80 Å². The van der Waals surface area contributed by atoms with E-state index in [1.807, 2.05) is 6.07 Å². The number of anilines is 1. The number of benzene rings is 1. The third kappa shape index (κ3) is 3.55. The molecular weight excluding hydrogens is 384 g/mol. The van der Waals surface area contributed by atoms with Gasteiger partial charge in [-0.05, 0) is 43.9 Å². The van der Waals surface area contributed by atoms with Gasteiger partial charge in [-0.25, -0.2) is 9.69 Å². The second-order valence-corrected chi connectivity index (χ2v) is 8.37. The molecule has 30 heavy (non-hydrogen) atoms. The van der Waals surface area contributed by atoms with Crippen LogP contribution in [0.1, 0.15) is 36.8 Å². The molecule has 2 saturated heterocycles. The quantitative estimate of drug-likeness (QED) is 0.555. The molecule has 0 radical (unpaired) electrons. The summed E-state index contributed by atoms with van der Waals surface area (Å²) in [6.45, 7) is 6.22. The number of hydrogen-bond donors (Lipinski definition) is 0. The fourth-order valence-corrected chi connectivity index (χ4v) is 4.66. The lowest BCUT2D eigenvalue weighted by molar-refractivity contribution is -0.145. The van der Waals surface area contributed by atoms with E-state index in [1.165, 1.54) is 16.8 Å². The minimum absolute atomic E-state index is 0.213. The van der Waals surface area contributed by atoms with Crippen LogP contribution in [0.5, 0.6) is 0 Å². The van der Waals surface area contributed by atoms with E-state index < -0.39 is 17.8 Å². The molecule has 5 amide bonds. The summed E-state index contributed by atoms with van der Waals surface area (Å²) < 4.78 is 0. The smallest absolute Gasteiger partial charge is 0.334 e. The molecule has 0 bridgehead atoms. The van der Waals surface area contributed by atoms with E-state index in [9.17, 15) is 19.2 Å². The number of urea groups is 1. The Kier molecular flexibility index (Phi) is 5.49. The molecule has 0 aromatic heterocycles. The molecule has 0 spiro atoms. The van der Waals surface area contributed by atoms with Crippen molar-refractivity contribution in [3.05, 3.63) is 29.3 Å². The second kappa shape index (κ2) is 8.08. The van der Waals surface area contributed by atoms with Crippen molar-refractivity contribution in [2.45, 2.75) is 45.6 Å². The standard InChI is InChI=1S/C22H28N4O4/c1-15-6-5-9-18(16(15)2)23-10-12-24(13-11-23)19(27)14-25-20(28)21(29)26(22(25)30)17-7-3-4-8-17/h5-6,9,17H,3-4,7-8,10-14H2,1-2H3. The van der Waals surface area contributed by atoms with Crippen molar-refractivity contribution >= 4 is 29.4 Å². The van der Waals surface area contributed by atoms with Crippen LogP contribution in [0.3, 0.4) is 0 Å². The molecule has 1 aromatic rings. The van der Waals surface area contributed by atoms with E-state index in [0.29, 0.717) is 26.2 Å². The number of rotatable bonds is 4. The Balaban J connectivity index is 1.37. The predicted octanol–water partition coefficient (Wildman–Crippen LogP) is 1.69. The number of carbonyl (C=O) groups excluding carboxylic acids is 4. The fraction of sp³-hybridized carbons (Fsp3) is 0.545. The Labute approximate surface area is 176 Å². The third-order valence-corrected chi connectivity index (χ3v) is 6.62. The highest BCUT2D eigenvalue weighted by atomic mass is 16.2. The summed E-state index contributed by atoms with van der Waals surface area (Å²) in [4.78, 5) is 55.9. The number of hydrogen-bond acceptors (Lipinski definition) is 5. The Bertz CT molecular complexity index is 885. The van der Waals surface area contributed by atoms with Crippen molar-refractivity contribution in [3.63, 3.8) is 0 Å². The van der Waals surface area contributed by atoms with Crippen LogP contribution in [0.2, 0.25) is 0 Å². The van der Waals surface area contributed by atoms with E-state index in [0.717, 1.165) is 35.5 Å². The number of piperazine rings is 1. The van der Waals surface area contributed by atoms with Crippen molar-refractivity contribution in [2.24, 2.45) is 0 Å². The molecule has 3 aliphatic rings. The number of nitrogens with zero attached hydrogens (tertiary/aromatic N) is 4. The van der Waals surface area contributed by atoms with Gasteiger partial charge in [-0.2, -0.15) is 0 Å². The zero-order valence-corrected chi connectivity index (χ0v) is 17.6. The first kappa shape index (κ1) is 20.4. The first-order valence-electron chi connectivity index (χ1n) is 10.7. The maximum atomic E-state index is 12.8. The molecule has 1 saturated carbocycles. The summed E-state index contributed by atoms with van der Waals surface area (Å²) in [5.74, 6) is -1.97. The molecule has 8 heteroatoms. The Morgan fingerprint density at radius 2 is 1.63 bits per heavy atom. The van der Waals surface area contributed by atoms with E-state index in [1.54, 1.807) is 4.90 Å². The van der Waals surface area contributed by atoms with Gasteiger partial charge in [0, 0.05) is 37.9 Å². The molecule has 160 valence electrons. The lowest BCUT2D eigenvalue weighted by Gasteiger charge is -2.37. The van der Waals surface area contributed by atoms with Gasteiger partial charge in [0.1, 0.15) is 6.54 Å². The lowest BCUT2D eigenvalue weighted by Crippen LogP contribution is -2.52. The number of carbonyl (C=O) groups is 4. The van der Waals surface area contributed by atoms with Crippen LogP contribution in [0, 0.1) is 13.8 Å². The van der Waals surface area contributed by atoms with E-state index in [2.05, 4.69) is 30.9 Å². The third-order valence-electron chi connectivity index (χ3n) is 6.62. The van der Waals surface area contributed by atoms with Gasteiger partial charge in [0.2, 0.25) is 5.91 Å². The second-order valence-electron chi connectivity index (χ2n) is 8.37. The monoisotopic (exact) mass is 412 g/mol. The average Bonchev–Trinajstić information content (AvgIpc) is 3.33. The number of amides is 5. The van der Waals surface area contributed by atoms with Crippen molar-refractivity contribution in [2.75, 3.05) is 37.6 Å². The summed E-state index contributed by atoms with van der Waals surface area (Å²) in [6.07, 6.45) is 3.35. The van der Waals surface area contributed by atoms with Crippen molar-refractivity contribution in [1.29, 1.82) is 0 Å². The maximum Gasteiger partial charge on any atom is 0.334 e. The van der Waals surface area contributed by atoms with Crippen LogP contribution < -0.4 is 4.90 Å². The molecule has 1 aliphatic carbocycles. The molecule has 0 atom stereocenters. The largest absolute Gasteiger partial charge is 0.368 e. The Morgan fingerprint density at radius 3 is 2.30 bits per heavy atom. The molecule has 4 rings (SSSR count). The summed E-state index contributed by atoms with van der Waals surface area (Å²) in [7, 11) is 0. The van der Waals surface area contributed by atoms with Gasteiger partial charge >= 0.3 is 17.8 Å². The highest BCUT2D eigenvalue weighted by molar-refractivity contribution is 6.45. The summed E-state index contributed by atoms with van der Waals surface area (Å²) in [5, 5.41) is 0. The molecule has 2 aliphatic heterocycles. The summed E-state index contributed by atoms with van der Waals surface area (Å²) in [6, 6.07) is 5.35. The van der Waals surface area contributed by atoms with Crippen LogP contribution in [-0.4, -0.2) is 77.2 Å². The van der Waals surface area contributed by atoms with Crippen molar-refractivity contribution in [1.82, 2.24) is 14.7 Å². The van der Waals surface area contributed by atoms with Gasteiger partial charge in [0.15, 0.2) is 0 Å². The SMILES string of the molecule is Cc1cccc(N2CCN(C(=O)CN3C(=O)C(=O)N(C4CCCC4)C3=O)CC2)c1C. The van der Waals surface area contributed by atoms with Gasteiger partial charge in [0.05, 0.1) is 0 Å². The van der Waals surface area contributed by atoms with E-state index in [-0.39, 0.29) is 18.5 Å². The maximum absolute atomic E-state index is 12.8. The summed E-state index contributed by atoms with van der Waals surface area (Å²) in [5.41, 5.74) is 3.63. The highest BCUT2D eigenvalue weighted by Crippen LogP contribution is 2.28. The normalized spacial score (nSPS) is 20.7. The zero-order chi connectivity index (χ0) is 21.4. The molecular formula is C22H28N4O4. The number of aryl methyl sites for hydroxylation is 1. The molecule has 0 N–H and O–H groups in total. The lowest BCUT2D eigenvalue weighted by atomic mass is 10.1. The first-order chi connectivity index (χ1) is 14.4. The molecule has 0 unspecified atom stereocenters. The number of imide groups is 2. The summed E-state index contributed by atoms with van der Waals surface area (Å²) >= 11 is 0. The topological polar surface area (TPSA) is 81.2 Å². The fourth-order valence-electron chi connectivity index (χ4n) is 4.66. The predicted molar refractivity (Wildman–Crippen MR) is 111 cm³/mol. The van der Waals surface area contributed by atoms with Gasteiger partial charge in [-0.3, -0.25) is 19.3 Å². The Morgan fingerprint density at radius 1 is 0.967 bits per heavy atom.